The summed E-state index contributed by atoms with van der Waals surface area (Å²) >= 11 is 3.75. The molecule has 1 fully saturated rings. The molecular formula is C15H17NOS2. The molecule has 3 rings (SSSR count). The fraction of sp³-hybridized carbons (Fsp3) is 0.400. The first-order chi connectivity index (χ1) is 9.33. The third-order valence-corrected chi connectivity index (χ3v) is 5.90. The van der Waals surface area contributed by atoms with E-state index in [0.29, 0.717) is 11.7 Å². The highest BCUT2D eigenvalue weighted by Crippen LogP contribution is 2.41. The maximum atomic E-state index is 10.2. The first-order valence-corrected chi connectivity index (χ1v) is 8.54. The molecule has 1 aromatic carbocycles. The van der Waals surface area contributed by atoms with Crippen LogP contribution < -0.4 is 0 Å². The van der Waals surface area contributed by atoms with Gasteiger partial charge in [0.05, 0.1) is 17.0 Å². The minimum Gasteiger partial charge on any atom is -0.388 e. The molecular weight excluding hydrogens is 274 g/mol. The largest absolute Gasteiger partial charge is 0.388 e. The molecule has 1 saturated heterocycles. The van der Waals surface area contributed by atoms with Gasteiger partial charge in [0.1, 0.15) is 5.01 Å². The van der Waals surface area contributed by atoms with Gasteiger partial charge < -0.3 is 5.11 Å². The number of rotatable bonds is 4. The van der Waals surface area contributed by atoms with Crippen LogP contribution in [-0.2, 0) is 6.42 Å². The minimum absolute atomic E-state index is 0.451. The first-order valence-electron chi connectivity index (χ1n) is 6.62. The first kappa shape index (κ1) is 13.2. The Hall–Kier alpha value is -0.840. The average molecular weight is 291 g/mol. The molecule has 0 radical (unpaired) electrons. The summed E-state index contributed by atoms with van der Waals surface area (Å²) in [6, 6.07) is 9.81. The van der Waals surface area contributed by atoms with Crippen LogP contribution in [0.3, 0.4) is 0 Å². The van der Waals surface area contributed by atoms with Gasteiger partial charge >= 0.3 is 0 Å². The summed E-state index contributed by atoms with van der Waals surface area (Å²) in [5.74, 6) is 1.26. The van der Waals surface area contributed by atoms with Crippen LogP contribution in [0.5, 0.6) is 0 Å². The number of aromatic nitrogens is 1. The van der Waals surface area contributed by atoms with E-state index in [1.807, 2.05) is 42.1 Å². The molecule has 1 aliphatic heterocycles. The van der Waals surface area contributed by atoms with Crippen LogP contribution in [0, 0.1) is 0 Å². The Morgan fingerprint density at radius 3 is 2.89 bits per heavy atom. The van der Waals surface area contributed by atoms with Gasteiger partial charge in [-0.3, -0.25) is 0 Å². The Kier molecular flexibility index (Phi) is 4.21. The number of aliphatic hydroxyl groups is 1. The normalized spacial score (nSPS) is 20.6. The van der Waals surface area contributed by atoms with Crippen LogP contribution >= 0.6 is 23.1 Å². The van der Waals surface area contributed by atoms with Gasteiger partial charge in [0.25, 0.3) is 0 Å². The molecule has 1 N–H and O–H groups in total. The molecule has 0 amide bonds. The SMILES string of the molecule is OC(Cc1csc(C2CCCS2)n1)c1ccccc1. The van der Waals surface area contributed by atoms with Crippen molar-refractivity contribution >= 4 is 23.1 Å². The molecule has 100 valence electrons. The lowest BCUT2D eigenvalue weighted by Gasteiger charge is -2.09. The predicted octanol–water partition coefficient (Wildman–Crippen LogP) is 3.99. The second kappa shape index (κ2) is 6.07. The third kappa shape index (κ3) is 3.19. The van der Waals surface area contributed by atoms with Crippen LogP contribution in [0.25, 0.3) is 0 Å². The topological polar surface area (TPSA) is 33.1 Å². The Morgan fingerprint density at radius 1 is 1.32 bits per heavy atom. The van der Waals surface area contributed by atoms with Gasteiger partial charge in [-0.1, -0.05) is 30.3 Å². The molecule has 2 aromatic rings. The van der Waals surface area contributed by atoms with Crippen LogP contribution in [0.1, 0.15) is 40.5 Å². The Bertz CT molecular complexity index is 520. The number of benzene rings is 1. The monoisotopic (exact) mass is 291 g/mol. The second-order valence-corrected chi connectivity index (χ2v) is 7.01. The molecule has 1 aromatic heterocycles. The maximum Gasteiger partial charge on any atom is 0.106 e. The van der Waals surface area contributed by atoms with Crippen LogP contribution in [0.4, 0.5) is 0 Å². The smallest absolute Gasteiger partial charge is 0.106 e. The van der Waals surface area contributed by atoms with Gasteiger partial charge in [-0.25, -0.2) is 4.98 Å². The number of hydrogen-bond donors (Lipinski definition) is 1. The van der Waals surface area contributed by atoms with Crippen molar-refractivity contribution in [1.82, 2.24) is 4.98 Å². The quantitative estimate of drug-likeness (QED) is 0.924. The maximum absolute atomic E-state index is 10.2. The van der Waals surface area contributed by atoms with Crippen molar-refractivity contribution in [1.29, 1.82) is 0 Å². The molecule has 4 heteroatoms. The number of thiazole rings is 1. The average Bonchev–Trinajstić information content (AvgIpc) is 3.10. The zero-order valence-corrected chi connectivity index (χ0v) is 12.3. The molecule has 2 atom stereocenters. The lowest BCUT2D eigenvalue weighted by atomic mass is 10.1. The van der Waals surface area contributed by atoms with E-state index in [4.69, 9.17) is 4.98 Å². The van der Waals surface area contributed by atoms with Crippen LogP contribution in [0.15, 0.2) is 35.7 Å². The molecule has 1 aliphatic rings. The fourth-order valence-corrected chi connectivity index (χ4v) is 4.69. The van der Waals surface area contributed by atoms with E-state index in [9.17, 15) is 5.11 Å². The van der Waals surface area contributed by atoms with E-state index in [1.165, 1.54) is 23.6 Å². The molecule has 0 aliphatic carbocycles. The van der Waals surface area contributed by atoms with Crippen LogP contribution in [-0.4, -0.2) is 15.8 Å². The Balaban J connectivity index is 1.66. The zero-order chi connectivity index (χ0) is 13.1. The second-order valence-electron chi connectivity index (χ2n) is 4.81. The lowest BCUT2D eigenvalue weighted by molar-refractivity contribution is 0.177. The number of hydrogen-bond acceptors (Lipinski definition) is 4. The molecule has 0 saturated carbocycles. The van der Waals surface area contributed by atoms with Crippen molar-refractivity contribution < 1.29 is 5.11 Å². The summed E-state index contributed by atoms with van der Waals surface area (Å²) in [5.41, 5.74) is 1.98. The van der Waals surface area contributed by atoms with Crippen LogP contribution in [0.2, 0.25) is 0 Å². The van der Waals surface area contributed by atoms with E-state index in [1.54, 1.807) is 11.3 Å². The number of aliphatic hydroxyl groups excluding tert-OH is 1. The molecule has 0 bridgehead atoms. The lowest BCUT2D eigenvalue weighted by Crippen LogP contribution is -2.02. The highest BCUT2D eigenvalue weighted by Gasteiger charge is 2.21. The van der Waals surface area contributed by atoms with Crippen molar-refractivity contribution in [3.8, 4) is 0 Å². The molecule has 2 unspecified atom stereocenters. The van der Waals surface area contributed by atoms with Gasteiger partial charge in [-0.15, -0.1) is 11.3 Å². The number of nitrogens with zero attached hydrogens (tertiary/aromatic N) is 1. The molecule has 19 heavy (non-hydrogen) atoms. The summed E-state index contributed by atoms with van der Waals surface area (Å²) in [6.07, 6.45) is 2.71. The standard InChI is InChI=1S/C15H17NOS2/c17-13(11-5-2-1-3-6-11)9-12-10-19-15(16-12)14-7-4-8-18-14/h1-3,5-6,10,13-14,17H,4,7-9H2. The number of thioether (sulfide) groups is 1. The third-order valence-electron chi connectivity index (χ3n) is 3.36. The van der Waals surface area contributed by atoms with Crippen molar-refractivity contribution in [3.63, 3.8) is 0 Å². The van der Waals surface area contributed by atoms with Crippen molar-refractivity contribution in [2.75, 3.05) is 5.75 Å². The van der Waals surface area contributed by atoms with E-state index < -0.39 is 6.10 Å². The minimum atomic E-state index is -0.451. The highest BCUT2D eigenvalue weighted by molar-refractivity contribution is 7.99. The zero-order valence-electron chi connectivity index (χ0n) is 10.7. The van der Waals surface area contributed by atoms with Gasteiger partial charge in [0.15, 0.2) is 0 Å². The van der Waals surface area contributed by atoms with Gasteiger partial charge in [-0.2, -0.15) is 11.8 Å². The highest BCUT2D eigenvalue weighted by atomic mass is 32.2. The van der Waals surface area contributed by atoms with E-state index in [0.717, 1.165) is 11.3 Å². The summed E-state index contributed by atoms with van der Waals surface area (Å²) < 4.78 is 0. The van der Waals surface area contributed by atoms with Crippen molar-refractivity contribution in [2.24, 2.45) is 0 Å². The summed E-state index contributed by atoms with van der Waals surface area (Å²) in [7, 11) is 0. The van der Waals surface area contributed by atoms with Gasteiger partial charge in [-0.05, 0) is 24.2 Å². The predicted molar refractivity (Wildman–Crippen MR) is 81.7 cm³/mol. The molecule has 0 spiro atoms. The van der Waals surface area contributed by atoms with Gasteiger partial charge in [0, 0.05) is 11.8 Å². The summed E-state index contributed by atoms with van der Waals surface area (Å²) in [5, 5.41) is 14.1. The van der Waals surface area contributed by atoms with Gasteiger partial charge in [0.2, 0.25) is 0 Å². The summed E-state index contributed by atoms with van der Waals surface area (Å²) in [6.45, 7) is 0. The van der Waals surface area contributed by atoms with E-state index in [2.05, 4.69) is 5.38 Å². The summed E-state index contributed by atoms with van der Waals surface area (Å²) in [4.78, 5) is 4.70. The fourth-order valence-electron chi connectivity index (χ4n) is 2.33. The molecule has 2 nitrogen and oxygen atoms in total. The Morgan fingerprint density at radius 2 is 2.16 bits per heavy atom. The van der Waals surface area contributed by atoms with Crippen molar-refractivity contribution in [3.05, 3.63) is 52.0 Å². The van der Waals surface area contributed by atoms with E-state index in [-0.39, 0.29) is 0 Å². The molecule has 2 heterocycles. The Labute approximate surface area is 121 Å². The van der Waals surface area contributed by atoms with E-state index >= 15 is 0 Å². The van der Waals surface area contributed by atoms with Crippen molar-refractivity contribution in [2.45, 2.75) is 30.6 Å².